The summed E-state index contributed by atoms with van der Waals surface area (Å²) in [5.41, 5.74) is 5.80. The van der Waals surface area contributed by atoms with Crippen molar-refractivity contribution in [1.82, 2.24) is 9.21 Å². The summed E-state index contributed by atoms with van der Waals surface area (Å²) in [4.78, 5) is 13.6. The van der Waals surface area contributed by atoms with Crippen molar-refractivity contribution >= 4 is 15.9 Å². The molecule has 1 heterocycles. The SMILES string of the molecule is CS(=O)(=O)N1CCN(C(=O)[C@@H](N)CCCCO)CC1. The number of aliphatic hydroxyl groups is 1. The summed E-state index contributed by atoms with van der Waals surface area (Å²) in [6.45, 7) is 1.54. The highest BCUT2D eigenvalue weighted by atomic mass is 32.2. The zero-order valence-corrected chi connectivity index (χ0v) is 12.1. The highest BCUT2D eigenvalue weighted by Gasteiger charge is 2.28. The molecule has 8 heteroatoms. The maximum Gasteiger partial charge on any atom is 0.239 e. The number of aliphatic hydroxyl groups excluding tert-OH is 1. The standard InChI is InChI=1S/C11H23N3O4S/c1-19(17,18)14-7-5-13(6-8-14)11(16)10(12)4-2-3-9-15/h10,15H,2-9,12H2,1H3/t10-/m0/s1. The number of amides is 1. The Balaban J connectivity index is 2.40. The number of nitrogens with zero attached hydrogens (tertiary/aromatic N) is 2. The first kappa shape index (κ1) is 16.4. The first-order valence-corrected chi connectivity index (χ1v) is 8.31. The summed E-state index contributed by atoms with van der Waals surface area (Å²) in [5, 5.41) is 8.67. The lowest BCUT2D eigenvalue weighted by molar-refractivity contribution is -0.134. The Kier molecular flexibility index (Phi) is 6.18. The second kappa shape index (κ2) is 7.18. The largest absolute Gasteiger partial charge is 0.396 e. The van der Waals surface area contributed by atoms with Gasteiger partial charge in [0.15, 0.2) is 0 Å². The van der Waals surface area contributed by atoms with E-state index in [1.54, 1.807) is 4.90 Å². The van der Waals surface area contributed by atoms with Gasteiger partial charge in [-0.2, -0.15) is 4.31 Å². The van der Waals surface area contributed by atoms with Gasteiger partial charge in [0.05, 0.1) is 12.3 Å². The molecule has 1 amide bonds. The Morgan fingerprint density at radius 1 is 1.26 bits per heavy atom. The normalized spacial score (nSPS) is 19.4. The molecule has 3 N–H and O–H groups in total. The molecule has 1 aliphatic rings. The van der Waals surface area contributed by atoms with Gasteiger partial charge in [-0.3, -0.25) is 4.79 Å². The molecule has 7 nitrogen and oxygen atoms in total. The van der Waals surface area contributed by atoms with Gasteiger partial charge in [0.2, 0.25) is 15.9 Å². The first-order valence-electron chi connectivity index (χ1n) is 6.46. The second-order valence-corrected chi connectivity index (χ2v) is 6.80. The van der Waals surface area contributed by atoms with E-state index in [1.165, 1.54) is 10.6 Å². The number of unbranched alkanes of at least 4 members (excludes halogenated alkanes) is 1. The third-order valence-electron chi connectivity index (χ3n) is 3.26. The predicted octanol–water partition coefficient (Wildman–Crippen LogP) is -1.42. The maximum atomic E-state index is 12.0. The molecule has 0 aromatic carbocycles. The van der Waals surface area contributed by atoms with Gasteiger partial charge < -0.3 is 15.7 Å². The summed E-state index contributed by atoms with van der Waals surface area (Å²) in [7, 11) is -3.18. The summed E-state index contributed by atoms with van der Waals surface area (Å²) < 4.78 is 24.1. The molecule has 0 radical (unpaired) electrons. The molecule has 1 atom stereocenters. The summed E-state index contributed by atoms with van der Waals surface area (Å²) in [5.74, 6) is -0.133. The zero-order valence-electron chi connectivity index (χ0n) is 11.3. The first-order chi connectivity index (χ1) is 8.86. The van der Waals surface area contributed by atoms with Crippen LogP contribution in [0.4, 0.5) is 0 Å². The molecule has 1 aliphatic heterocycles. The van der Waals surface area contributed by atoms with E-state index in [2.05, 4.69) is 0 Å². The molecule has 0 unspecified atom stereocenters. The molecular weight excluding hydrogens is 270 g/mol. The third kappa shape index (κ3) is 5.06. The van der Waals surface area contributed by atoms with Crippen molar-refractivity contribution in [3.63, 3.8) is 0 Å². The molecule has 1 rings (SSSR count). The predicted molar refractivity (Wildman–Crippen MR) is 71.9 cm³/mol. The van der Waals surface area contributed by atoms with Gasteiger partial charge in [0.25, 0.3) is 0 Å². The van der Waals surface area contributed by atoms with E-state index in [1.807, 2.05) is 0 Å². The smallest absolute Gasteiger partial charge is 0.239 e. The Morgan fingerprint density at radius 2 is 1.84 bits per heavy atom. The van der Waals surface area contributed by atoms with Crippen LogP contribution in [0.1, 0.15) is 19.3 Å². The van der Waals surface area contributed by atoms with E-state index < -0.39 is 16.1 Å². The van der Waals surface area contributed by atoms with Crippen LogP contribution < -0.4 is 5.73 Å². The van der Waals surface area contributed by atoms with Gasteiger partial charge in [-0.05, 0) is 19.3 Å². The van der Waals surface area contributed by atoms with Crippen LogP contribution in [0, 0.1) is 0 Å². The summed E-state index contributed by atoms with van der Waals surface area (Å²) in [6, 6.07) is -0.559. The van der Waals surface area contributed by atoms with Crippen LogP contribution in [0.3, 0.4) is 0 Å². The number of nitrogens with two attached hydrogens (primary N) is 1. The average molecular weight is 293 g/mol. The van der Waals surface area contributed by atoms with E-state index in [9.17, 15) is 13.2 Å². The van der Waals surface area contributed by atoms with Gasteiger partial charge in [-0.1, -0.05) is 0 Å². The van der Waals surface area contributed by atoms with Crippen molar-refractivity contribution in [3.8, 4) is 0 Å². The van der Waals surface area contributed by atoms with Crippen molar-refractivity contribution in [1.29, 1.82) is 0 Å². The number of piperazine rings is 1. The third-order valence-corrected chi connectivity index (χ3v) is 4.56. The van der Waals surface area contributed by atoms with Crippen molar-refractivity contribution in [2.45, 2.75) is 25.3 Å². The van der Waals surface area contributed by atoms with Gasteiger partial charge in [0.1, 0.15) is 0 Å². The Bertz CT molecular complexity index is 391. The van der Waals surface area contributed by atoms with Crippen LogP contribution in [-0.4, -0.2) is 73.7 Å². The van der Waals surface area contributed by atoms with Crippen molar-refractivity contribution < 1.29 is 18.3 Å². The van der Waals surface area contributed by atoms with E-state index in [4.69, 9.17) is 10.8 Å². The van der Waals surface area contributed by atoms with Gasteiger partial charge in [-0.15, -0.1) is 0 Å². The molecular formula is C11H23N3O4S. The van der Waals surface area contributed by atoms with Crippen LogP contribution in [-0.2, 0) is 14.8 Å². The van der Waals surface area contributed by atoms with Gasteiger partial charge in [0, 0.05) is 32.8 Å². The van der Waals surface area contributed by atoms with E-state index in [0.29, 0.717) is 45.4 Å². The van der Waals surface area contributed by atoms with Crippen LogP contribution in [0.25, 0.3) is 0 Å². The van der Waals surface area contributed by atoms with Gasteiger partial charge in [-0.25, -0.2) is 8.42 Å². The van der Waals surface area contributed by atoms with Crippen LogP contribution in [0.15, 0.2) is 0 Å². The van der Waals surface area contributed by atoms with Crippen molar-refractivity contribution in [2.24, 2.45) is 5.73 Å². The minimum absolute atomic E-state index is 0.105. The molecule has 112 valence electrons. The number of carbonyl (C=O) groups is 1. The van der Waals surface area contributed by atoms with Crippen molar-refractivity contribution in [3.05, 3.63) is 0 Å². The molecule has 0 aromatic heterocycles. The molecule has 19 heavy (non-hydrogen) atoms. The number of hydrogen-bond donors (Lipinski definition) is 2. The maximum absolute atomic E-state index is 12.0. The molecule has 0 spiro atoms. The van der Waals surface area contributed by atoms with E-state index in [-0.39, 0.29) is 12.5 Å². The number of hydrogen-bond acceptors (Lipinski definition) is 5. The lowest BCUT2D eigenvalue weighted by Crippen LogP contribution is -2.54. The fourth-order valence-corrected chi connectivity index (χ4v) is 2.90. The fraction of sp³-hybridized carbons (Fsp3) is 0.909. The van der Waals surface area contributed by atoms with Crippen LogP contribution in [0.2, 0.25) is 0 Å². The van der Waals surface area contributed by atoms with E-state index >= 15 is 0 Å². The van der Waals surface area contributed by atoms with Crippen LogP contribution >= 0.6 is 0 Å². The number of sulfonamides is 1. The summed E-state index contributed by atoms with van der Waals surface area (Å²) >= 11 is 0. The molecule has 0 saturated carbocycles. The molecule has 0 aliphatic carbocycles. The molecule has 0 aromatic rings. The topological polar surface area (TPSA) is 104 Å². The number of carbonyl (C=O) groups excluding carboxylic acids is 1. The Morgan fingerprint density at radius 3 is 2.32 bits per heavy atom. The van der Waals surface area contributed by atoms with Gasteiger partial charge >= 0.3 is 0 Å². The Hall–Kier alpha value is -0.700. The summed E-state index contributed by atoms with van der Waals surface area (Å²) in [6.07, 6.45) is 3.08. The minimum Gasteiger partial charge on any atom is -0.396 e. The monoisotopic (exact) mass is 293 g/mol. The number of rotatable bonds is 6. The second-order valence-electron chi connectivity index (χ2n) is 4.81. The highest BCUT2D eigenvalue weighted by Crippen LogP contribution is 2.09. The highest BCUT2D eigenvalue weighted by molar-refractivity contribution is 7.88. The van der Waals surface area contributed by atoms with Crippen molar-refractivity contribution in [2.75, 3.05) is 39.0 Å². The lowest BCUT2D eigenvalue weighted by atomic mass is 10.1. The fourth-order valence-electron chi connectivity index (χ4n) is 2.07. The average Bonchev–Trinajstić information content (AvgIpc) is 2.37. The van der Waals surface area contributed by atoms with Crippen LogP contribution in [0.5, 0.6) is 0 Å². The molecule has 1 saturated heterocycles. The Labute approximate surface area is 114 Å². The zero-order chi connectivity index (χ0) is 14.5. The minimum atomic E-state index is -3.18. The molecule has 0 bridgehead atoms. The quantitative estimate of drug-likeness (QED) is 0.585. The lowest BCUT2D eigenvalue weighted by Gasteiger charge is -2.34. The molecule has 1 fully saturated rings. The van der Waals surface area contributed by atoms with E-state index in [0.717, 1.165) is 0 Å².